The zero-order valence-electron chi connectivity index (χ0n) is 17.2. The Morgan fingerprint density at radius 1 is 1.07 bits per heavy atom. The van der Waals surface area contributed by atoms with Gasteiger partial charge < -0.3 is 9.80 Å². The van der Waals surface area contributed by atoms with Gasteiger partial charge in [-0.3, -0.25) is 14.5 Å². The predicted octanol–water partition coefficient (Wildman–Crippen LogP) is 2.71. The largest absolute Gasteiger partial charge is 0.341 e. The van der Waals surface area contributed by atoms with Gasteiger partial charge in [0.25, 0.3) is 5.91 Å². The zero-order valence-corrected chi connectivity index (χ0v) is 17.2. The van der Waals surface area contributed by atoms with Gasteiger partial charge in [0, 0.05) is 44.8 Å². The number of hydrogen-bond acceptors (Lipinski definition) is 3. The fourth-order valence-corrected chi connectivity index (χ4v) is 3.99. The van der Waals surface area contributed by atoms with E-state index in [1.54, 1.807) is 0 Å². The molecule has 0 saturated carbocycles. The summed E-state index contributed by atoms with van der Waals surface area (Å²) in [5, 5.41) is 0. The minimum atomic E-state index is 0.0102. The maximum atomic E-state index is 12.8. The van der Waals surface area contributed by atoms with Crippen molar-refractivity contribution >= 4 is 11.8 Å². The Morgan fingerprint density at radius 3 is 2.41 bits per heavy atom. The zero-order chi connectivity index (χ0) is 19.6. The van der Waals surface area contributed by atoms with E-state index in [0.29, 0.717) is 19.0 Å². The second-order valence-electron chi connectivity index (χ2n) is 8.44. The molecule has 1 aromatic carbocycles. The van der Waals surface area contributed by atoms with E-state index in [-0.39, 0.29) is 17.9 Å². The first kappa shape index (κ1) is 19.9. The average molecular weight is 372 g/mol. The summed E-state index contributed by atoms with van der Waals surface area (Å²) in [6.07, 6.45) is 1.98. The summed E-state index contributed by atoms with van der Waals surface area (Å²) in [6, 6.07) is 5.93. The normalized spacial score (nSPS) is 21.4. The Kier molecular flexibility index (Phi) is 6.20. The van der Waals surface area contributed by atoms with Crippen LogP contribution >= 0.6 is 0 Å². The number of amides is 2. The molecule has 2 heterocycles. The number of aryl methyl sites for hydroxylation is 2. The molecular weight excluding hydrogens is 338 g/mol. The smallest absolute Gasteiger partial charge is 0.253 e. The lowest BCUT2D eigenvalue weighted by Gasteiger charge is -2.37. The van der Waals surface area contributed by atoms with Crippen molar-refractivity contribution in [3.8, 4) is 0 Å². The van der Waals surface area contributed by atoms with Crippen LogP contribution in [-0.4, -0.2) is 71.8 Å². The molecule has 0 bridgehead atoms. The highest BCUT2D eigenvalue weighted by Crippen LogP contribution is 2.21. The van der Waals surface area contributed by atoms with Crippen LogP contribution in [-0.2, 0) is 4.79 Å². The van der Waals surface area contributed by atoms with Gasteiger partial charge in [-0.05, 0) is 55.9 Å². The van der Waals surface area contributed by atoms with Crippen LogP contribution in [0.5, 0.6) is 0 Å². The standard InChI is InChI=1S/C22H33N3O2/c1-16(2)7-9-24-10-8-20(22(24)27)23-11-13-25(14-12-23)21(26)19-6-5-17(3)18(4)15-19/h5-6,15-16,20H,7-14H2,1-4H3. The van der Waals surface area contributed by atoms with Crippen LogP contribution in [0.2, 0.25) is 0 Å². The van der Waals surface area contributed by atoms with E-state index in [9.17, 15) is 9.59 Å². The van der Waals surface area contributed by atoms with Crippen molar-refractivity contribution in [1.82, 2.24) is 14.7 Å². The third-order valence-corrected chi connectivity index (χ3v) is 6.04. The van der Waals surface area contributed by atoms with Crippen LogP contribution in [0.25, 0.3) is 0 Å². The van der Waals surface area contributed by atoms with Crippen LogP contribution < -0.4 is 0 Å². The molecule has 0 spiro atoms. The highest BCUT2D eigenvalue weighted by molar-refractivity contribution is 5.94. The van der Waals surface area contributed by atoms with Crippen molar-refractivity contribution in [3.05, 3.63) is 34.9 Å². The van der Waals surface area contributed by atoms with Crippen LogP contribution in [0.15, 0.2) is 18.2 Å². The third kappa shape index (κ3) is 4.52. The van der Waals surface area contributed by atoms with E-state index >= 15 is 0 Å². The molecule has 2 saturated heterocycles. The Hall–Kier alpha value is -1.88. The van der Waals surface area contributed by atoms with E-state index in [4.69, 9.17) is 0 Å². The molecule has 0 aromatic heterocycles. The number of likely N-dealkylation sites (tertiary alicyclic amines) is 1. The lowest BCUT2D eigenvalue weighted by Crippen LogP contribution is -2.53. The van der Waals surface area contributed by atoms with Crippen LogP contribution in [0.1, 0.15) is 48.2 Å². The Labute approximate surface area is 163 Å². The summed E-state index contributed by atoms with van der Waals surface area (Å²) in [5.41, 5.74) is 3.12. The van der Waals surface area contributed by atoms with E-state index in [1.165, 1.54) is 5.56 Å². The van der Waals surface area contributed by atoms with Gasteiger partial charge >= 0.3 is 0 Å². The maximum absolute atomic E-state index is 12.8. The van der Waals surface area contributed by atoms with Crippen LogP contribution in [0, 0.1) is 19.8 Å². The molecule has 1 unspecified atom stereocenters. The Bertz CT molecular complexity index is 693. The molecule has 2 aliphatic heterocycles. The highest BCUT2D eigenvalue weighted by Gasteiger charge is 2.37. The average Bonchev–Trinajstić information content (AvgIpc) is 3.02. The molecule has 5 heteroatoms. The van der Waals surface area contributed by atoms with E-state index in [2.05, 4.69) is 25.7 Å². The molecule has 148 valence electrons. The fourth-order valence-electron chi connectivity index (χ4n) is 3.99. The summed E-state index contributed by atoms with van der Waals surface area (Å²) in [7, 11) is 0. The number of rotatable bonds is 5. The molecular formula is C22H33N3O2. The number of benzene rings is 1. The lowest BCUT2D eigenvalue weighted by atomic mass is 10.1. The molecule has 1 atom stereocenters. The lowest BCUT2D eigenvalue weighted by molar-refractivity contribution is -0.132. The van der Waals surface area contributed by atoms with Gasteiger partial charge in [0.05, 0.1) is 6.04 Å². The summed E-state index contributed by atoms with van der Waals surface area (Å²) in [5.74, 6) is 1.01. The SMILES string of the molecule is Cc1ccc(C(=O)N2CCN(C3CCN(CCC(C)C)C3=O)CC2)cc1C. The minimum absolute atomic E-state index is 0.0102. The van der Waals surface area contributed by atoms with Gasteiger partial charge in [-0.15, -0.1) is 0 Å². The molecule has 2 amide bonds. The number of piperazine rings is 1. The maximum Gasteiger partial charge on any atom is 0.253 e. The van der Waals surface area contributed by atoms with Gasteiger partial charge in [-0.25, -0.2) is 0 Å². The van der Waals surface area contributed by atoms with Crippen molar-refractivity contribution in [3.63, 3.8) is 0 Å². The van der Waals surface area contributed by atoms with Crippen molar-refractivity contribution in [2.45, 2.75) is 46.6 Å². The van der Waals surface area contributed by atoms with Crippen molar-refractivity contribution < 1.29 is 9.59 Å². The van der Waals surface area contributed by atoms with E-state index in [1.807, 2.05) is 34.9 Å². The summed E-state index contributed by atoms with van der Waals surface area (Å²) >= 11 is 0. The van der Waals surface area contributed by atoms with Crippen LogP contribution in [0.3, 0.4) is 0 Å². The number of carbonyl (C=O) groups is 2. The predicted molar refractivity (Wildman–Crippen MR) is 108 cm³/mol. The number of nitrogens with zero attached hydrogens (tertiary/aromatic N) is 3. The minimum Gasteiger partial charge on any atom is -0.341 e. The number of carbonyl (C=O) groups excluding carboxylic acids is 2. The third-order valence-electron chi connectivity index (χ3n) is 6.04. The van der Waals surface area contributed by atoms with Gasteiger partial charge in [0.1, 0.15) is 0 Å². The summed E-state index contributed by atoms with van der Waals surface area (Å²) in [6.45, 7) is 13.2. The van der Waals surface area contributed by atoms with E-state index in [0.717, 1.165) is 50.1 Å². The number of hydrogen-bond donors (Lipinski definition) is 0. The molecule has 0 N–H and O–H groups in total. The summed E-state index contributed by atoms with van der Waals surface area (Å²) < 4.78 is 0. The first-order valence-corrected chi connectivity index (χ1v) is 10.3. The topological polar surface area (TPSA) is 43.9 Å². The molecule has 27 heavy (non-hydrogen) atoms. The first-order chi connectivity index (χ1) is 12.9. The second-order valence-corrected chi connectivity index (χ2v) is 8.44. The quantitative estimate of drug-likeness (QED) is 0.799. The van der Waals surface area contributed by atoms with Crippen molar-refractivity contribution in [2.75, 3.05) is 39.3 Å². The highest BCUT2D eigenvalue weighted by atomic mass is 16.2. The molecule has 3 rings (SSSR count). The van der Waals surface area contributed by atoms with Gasteiger partial charge in [0.15, 0.2) is 0 Å². The molecule has 0 radical (unpaired) electrons. The van der Waals surface area contributed by atoms with E-state index < -0.39 is 0 Å². The molecule has 2 fully saturated rings. The Morgan fingerprint density at radius 2 is 1.78 bits per heavy atom. The van der Waals surface area contributed by atoms with Crippen molar-refractivity contribution in [2.24, 2.45) is 5.92 Å². The Balaban J connectivity index is 1.53. The molecule has 0 aliphatic carbocycles. The molecule has 5 nitrogen and oxygen atoms in total. The first-order valence-electron chi connectivity index (χ1n) is 10.3. The fraction of sp³-hybridized carbons (Fsp3) is 0.636. The van der Waals surface area contributed by atoms with Gasteiger partial charge in [-0.2, -0.15) is 0 Å². The summed E-state index contributed by atoms with van der Waals surface area (Å²) in [4.78, 5) is 31.7. The van der Waals surface area contributed by atoms with Crippen molar-refractivity contribution in [1.29, 1.82) is 0 Å². The van der Waals surface area contributed by atoms with Gasteiger partial charge in [0.2, 0.25) is 5.91 Å². The van der Waals surface area contributed by atoms with Gasteiger partial charge in [-0.1, -0.05) is 19.9 Å². The molecule has 2 aliphatic rings. The molecule has 1 aromatic rings. The van der Waals surface area contributed by atoms with Crippen LogP contribution in [0.4, 0.5) is 0 Å². The second kappa shape index (κ2) is 8.42. The monoisotopic (exact) mass is 371 g/mol.